The third-order valence-corrected chi connectivity index (χ3v) is 5.93. The van der Waals surface area contributed by atoms with Crippen molar-refractivity contribution in [2.24, 2.45) is 0 Å². The molecule has 0 aliphatic rings. The van der Waals surface area contributed by atoms with Gasteiger partial charge >= 0.3 is 11.6 Å². The molecule has 1 atom stereocenters. The van der Waals surface area contributed by atoms with E-state index in [4.69, 9.17) is 9.15 Å². The van der Waals surface area contributed by atoms with Crippen LogP contribution in [0, 0.1) is 19.7 Å². The average molecular weight is 443 g/mol. The van der Waals surface area contributed by atoms with Crippen LogP contribution in [0.5, 0.6) is 0 Å². The fourth-order valence-electron chi connectivity index (χ4n) is 2.91. The summed E-state index contributed by atoms with van der Waals surface area (Å²) >= 11 is 1.12. The molecule has 0 saturated heterocycles. The zero-order valence-electron chi connectivity index (χ0n) is 17.4. The van der Waals surface area contributed by atoms with Crippen LogP contribution in [0.2, 0.25) is 0 Å². The van der Waals surface area contributed by atoms with Crippen molar-refractivity contribution in [2.75, 3.05) is 11.1 Å². The number of aryl methyl sites for hydroxylation is 2. The third kappa shape index (κ3) is 5.73. The van der Waals surface area contributed by atoms with E-state index in [0.29, 0.717) is 16.8 Å². The summed E-state index contributed by atoms with van der Waals surface area (Å²) in [5.41, 5.74) is 2.87. The first-order chi connectivity index (χ1) is 14.7. The van der Waals surface area contributed by atoms with Gasteiger partial charge in [0.1, 0.15) is 23.3 Å². The Labute approximate surface area is 182 Å². The number of halogens is 1. The van der Waals surface area contributed by atoms with Gasteiger partial charge in [0, 0.05) is 22.7 Å². The Hall–Kier alpha value is -3.13. The number of nitrogens with one attached hydrogen (secondary N) is 1. The maximum atomic E-state index is 12.9. The van der Waals surface area contributed by atoms with Crippen molar-refractivity contribution in [1.82, 2.24) is 0 Å². The first-order valence-electron chi connectivity index (χ1n) is 9.61. The van der Waals surface area contributed by atoms with Crippen LogP contribution in [0.1, 0.15) is 23.6 Å². The summed E-state index contributed by atoms with van der Waals surface area (Å²) < 4.78 is 23.6. The molecule has 0 radical (unpaired) electrons. The topological polar surface area (TPSA) is 85.6 Å². The van der Waals surface area contributed by atoms with E-state index in [0.717, 1.165) is 28.3 Å². The lowest BCUT2D eigenvalue weighted by Crippen LogP contribution is -2.21. The molecule has 1 unspecified atom stereocenters. The number of hydrogen-bond acceptors (Lipinski definition) is 6. The molecule has 1 heterocycles. The number of hydrogen-bond donors (Lipinski definition) is 1. The summed E-state index contributed by atoms with van der Waals surface area (Å²) in [6.07, 6.45) is 0. The smallest absolute Gasteiger partial charge is 0.336 e. The van der Waals surface area contributed by atoms with E-state index in [2.05, 4.69) is 5.32 Å². The molecule has 0 saturated carbocycles. The Morgan fingerprint density at radius 1 is 1.16 bits per heavy atom. The fraction of sp³-hybridized carbons (Fsp3) is 0.261. The number of ether oxygens (including phenoxy) is 1. The number of carbonyl (C=O) groups is 2. The van der Waals surface area contributed by atoms with Gasteiger partial charge in [-0.15, -0.1) is 11.8 Å². The maximum Gasteiger partial charge on any atom is 0.336 e. The lowest BCUT2D eigenvalue weighted by molar-refractivity contribution is -0.143. The van der Waals surface area contributed by atoms with E-state index in [1.807, 2.05) is 26.0 Å². The molecular weight excluding hydrogens is 421 g/mol. The summed E-state index contributed by atoms with van der Waals surface area (Å²) in [4.78, 5) is 36.3. The molecule has 162 valence electrons. The summed E-state index contributed by atoms with van der Waals surface area (Å²) in [6.45, 7) is 5.36. The van der Waals surface area contributed by atoms with Crippen molar-refractivity contribution < 1.29 is 23.1 Å². The number of rotatable bonds is 7. The van der Waals surface area contributed by atoms with Crippen LogP contribution >= 0.6 is 11.8 Å². The predicted octanol–water partition coefficient (Wildman–Crippen LogP) is 4.35. The minimum Gasteiger partial charge on any atom is -0.460 e. The van der Waals surface area contributed by atoms with Gasteiger partial charge in [-0.05, 0) is 56.2 Å². The molecule has 31 heavy (non-hydrogen) atoms. The lowest BCUT2D eigenvalue weighted by atomic mass is 10.0. The number of fused-ring (bicyclic) bond motifs is 1. The van der Waals surface area contributed by atoms with Crippen molar-refractivity contribution in [2.45, 2.75) is 32.6 Å². The molecule has 0 fully saturated rings. The first-order valence-corrected chi connectivity index (χ1v) is 10.7. The highest BCUT2D eigenvalue weighted by atomic mass is 32.2. The van der Waals surface area contributed by atoms with Crippen molar-refractivity contribution in [1.29, 1.82) is 0 Å². The Balaban J connectivity index is 1.57. The largest absolute Gasteiger partial charge is 0.460 e. The Bertz CT molecular complexity index is 1170. The highest BCUT2D eigenvalue weighted by Crippen LogP contribution is 2.24. The minimum atomic E-state index is -0.589. The summed E-state index contributed by atoms with van der Waals surface area (Å²) in [5.74, 6) is -1.17. The molecule has 1 N–H and O–H groups in total. The van der Waals surface area contributed by atoms with Gasteiger partial charge in [-0.1, -0.05) is 12.1 Å². The van der Waals surface area contributed by atoms with E-state index < -0.39 is 22.7 Å². The highest BCUT2D eigenvalue weighted by Gasteiger charge is 2.18. The van der Waals surface area contributed by atoms with Gasteiger partial charge in [0.15, 0.2) is 0 Å². The minimum absolute atomic E-state index is 0.0317. The van der Waals surface area contributed by atoms with Gasteiger partial charge in [-0.25, -0.2) is 9.18 Å². The maximum absolute atomic E-state index is 12.9. The highest BCUT2D eigenvalue weighted by molar-refractivity contribution is 8.01. The normalized spacial score (nSPS) is 11.9. The van der Waals surface area contributed by atoms with Crippen LogP contribution in [-0.4, -0.2) is 22.9 Å². The summed E-state index contributed by atoms with van der Waals surface area (Å²) in [6, 6.07) is 10.5. The Kier molecular flexibility index (Phi) is 7.12. The van der Waals surface area contributed by atoms with Gasteiger partial charge in [-0.2, -0.15) is 0 Å². The van der Waals surface area contributed by atoms with Crippen LogP contribution in [0.25, 0.3) is 11.0 Å². The summed E-state index contributed by atoms with van der Waals surface area (Å²) in [5, 5.41) is 2.76. The second-order valence-corrected chi connectivity index (χ2v) is 8.42. The van der Waals surface area contributed by atoms with Crippen molar-refractivity contribution in [3.05, 3.63) is 75.4 Å². The lowest BCUT2D eigenvalue weighted by Gasteiger charge is -2.13. The Morgan fingerprint density at radius 3 is 2.58 bits per heavy atom. The molecule has 2 aromatic carbocycles. The summed E-state index contributed by atoms with van der Waals surface area (Å²) in [7, 11) is 0. The number of thioether (sulfide) groups is 1. The molecule has 3 aromatic rings. The molecule has 0 aliphatic heterocycles. The quantitative estimate of drug-likeness (QED) is 0.432. The molecule has 8 heteroatoms. The monoisotopic (exact) mass is 443 g/mol. The van der Waals surface area contributed by atoms with Crippen molar-refractivity contribution >= 4 is 40.3 Å². The molecule has 0 spiro atoms. The number of amides is 1. The average Bonchev–Trinajstić information content (AvgIpc) is 2.74. The van der Waals surface area contributed by atoms with Crippen LogP contribution in [0.3, 0.4) is 0 Å². The molecular formula is C23H22FNO5S. The number of benzene rings is 2. The first kappa shape index (κ1) is 22.6. The van der Waals surface area contributed by atoms with Crippen LogP contribution in [0.15, 0.2) is 51.7 Å². The Morgan fingerprint density at radius 2 is 1.87 bits per heavy atom. The van der Waals surface area contributed by atoms with Crippen molar-refractivity contribution in [3.63, 3.8) is 0 Å². The molecule has 0 aliphatic carbocycles. The van der Waals surface area contributed by atoms with Gasteiger partial charge in [-0.3, -0.25) is 9.59 Å². The standard InChI is InChI=1S/C23H22FNO5S/c1-13-4-9-19-16(10-21(27)30-22(19)14(13)2)11-29-23(28)15(3)31-12-20(26)25-18-7-5-17(24)6-8-18/h4-10,15H,11-12H2,1-3H3,(H,25,26). The fourth-order valence-corrected chi connectivity index (χ4v) is 3.59. The molecule has 1 amide bonds. The van der Waals surface area contributed by atoms with E-state index >= 15 is 0 Å². The zero-order chi connectivity index (χ0) is 22.5. The molecule has 6 nitrogen and oxygen atoms in total. The number of anilines is 1. The van der Waals surface area contributed by atoms with Crippen molar-refractivity contribution in [3.8, 4) is 0 Å². The van der Waals surface area contributed by atoms with Crippen LogP contribution in [0.4, 0.5) is 10.1 Å². The molecule has 0 bridgehead atoms. The molecule has 3 rings (SSSR count). The van der Waals surface area contributed by atoms with E-state index in [-0.39, 0.29) is 18.3 Å². The third-order valence-electron chi connectivity index (χ3n) is 4.81. The number of carbonyl (C=O) groups excluding carboxylic acids is 2. The van der Waals surface area contributed by atoms with Crippen LogP contribution < -0.4 is 10.9 Å². The van der Waals surface area contributed by atoms with E-state index in [1.54, 1.807) is 6.92 Å². The number of esters is 1. The SMILES string of the molecule is Cc1ccc2c(COC(=O)C(C)SCC(=O)Nc3ccc(F)cc3)cc(=O)oc2c1C. The van der Waals surface area contributed by atoms with Gasteiger partial charge in [0.25, 0.3) is 0 Å². The van der Waals surface area contributed by atoms with Crippen LogP contribution in [-0.2, 0) is 20.9 Å². The van der Waals surface area contributed by atoms with Gasteiger partial charge in [0.05, 0.1) is 5.75 Å². The van der Waals surface area contributed by atoms with E-state index in [1.165, 1.54) is 30.3 Å². The second-order valence-electron chi connectivity index (χ2n) is 7.09. The van der Waals surface area contributed by atoms with Gasteiger partial charge < -0.3 is 14.5 Å². The van der Waals surface area contributed by atoms with E-state index in [9.17, 15) is 18.8 Å². The second kappa shape index (κ2) is 9.78. The predicted molar refractivity (Wildman–Crippen MR) is 119 cm³/mol. The molecule has 1 aromatic heterocycles. The van der Waals surface area contributed by atoms with Gasteiger partial charge in [0.2, 0.25) is 5.91 Å². The zero-order valence-corrected chi connectivity index (χ0v) is 18.2.